The molecule has 1 aromatic heterocycles. The highest BCUT2D eigenvalue weighted by molar-refractivity contribution is 7.12. The fourth-order valence-electron chi connectivity index (χ4n) is 3.42. The van der Waals surface area contributed by atoms with E-state index in [2.05, 4.69) is 6.07 Å². The zero-order valence-corrected chi connectivity index (χ0v) is 14.3. The van der Waals surface area contributed by atoms with Crippen LogP contribution < -0.4 is 0 Å². The molecule has 1 aliphatic carbocycles. The van der Waals surface area contributed by atoms with Crippen molar-refractivity contribution in [1.82, 2.24) is 9.80 Å². The summed E-state index contributed by atoms with van der Waals surface area (Å²) in [5.41, 5.74) is 1.24. The number of carbonyl (C=O) groups is 2. The summed E-state index contributed by atoms with van der Waals surface area (Å²) in [5, 5.41) is 11.0. The van der Waals surface area contributed by atoms with Crippen molar-refractivity contribution in [2.75, 3.05) is 26.7 Å². The van der Waals surface area contributed by atoms with E-state index in [9.17, 15) is 9.59 Å². The summed E-state index contributed by atoms with van der Waals surface area (Å²) in [4.78, 5) is 28.5. The minimum Gasteiger partial charge on any atom is -0.480 e. The van der Waals surface area contributed by atoms with Crippen molar-refractivity contribution in [3.05, 3.63) is 21.9 Å². The minimum absolute atomic E-state index is 0.0648. The van der Waals surface area contributed by atoms with Crippen LogP contribution in [-0.4, -0.2) is 59.5 Å². The average molecular weight is 336 g/mol. The summed E-state index contributed by atoms with van der Waals surface area (Å²) in [7, 11) is 1.86. The molecular formula is C17H24N2O3S. The molecule has 0 radical (unpaired) electrons. The molecular weight excluding hydrogens is 312 g/mol. The number of rotatable bonds is 5. The van der Waals surface area contributed by atoms with Gasteiger partial charge in [-0.3, -0.25) is 14.5 Å². The third-order valence-electron chi connectivity index (χ3n) is 4.90. The van der Waals surface area contributed by atoms with Crippen molar-refractivity contribution >= 4 is 23.2 Å². The van der Waals surface area contributed by atoms with Crippen LogP contribution in [0, 0.1) is 0 Å². The van der Waals surface area contributed by atoms with Crippen LogP contribution in [0.5, 0.6) is 0 Å². The van der Waals surface area contributed by atoms with Gasteiger partial charge in [-0.15, -0.1) is 11.3 Å². The lowest BCUT2D eigenvalue weighted by molar-refractivity contribution is -0.138. The SMILES string of the molecule is CN(CC(=O)O)C1CCCN(C(=O)c2sccc2C2CC2)CC1. The first-order valence-corrected chi connectivity index (χ1v) is 9.23. The lowest BCUT2D eigenvalue weighted by Crippen LogP contribution is -2.37. The number of carboxylic acid groups (broad SMARTS) is 1. The highest BCUT2D eigenvalue weighted by atomic mass is 32.1. The number of nitrogens with zero attached hydrogens (tertiary/aromatic N) is 2. The van der Waals surface area contributed by atoms with Gasteiger partial charge in [-0.2, -0.15) is 0 Å². The molecule has 1 unspecified atom stereocenters. The summed E-state index contributed by atoms with van der Waals surface area (Å²) < 4.78 is 0. The van der Waals surface area contributed by atoms with Crippen LogP contribution in [0.15, 0.2) is 11.4 Å². The van der Waals surface area contributed by atoms with E-state index in [1.54, 1.807) is 11.3 Å². The second-order valence-corrected chi connectivity index (χ2v) is 7.58. The third-order valence-corrected chi connectivity index (χ3v) is 5.82. The van der Waals surface area contributed by atoms with Gasteiger partial charge in [0.25, 0.3) is 5.91 Å². The Morgan fingerprint density at radius 1 is 1.30 bits per heavy atom. The number of carboxylic acids is 1. The Balaban J connectivity index is 1.62. The smallest absolute Gasteiger partial charge is 0.317 e. The Morgan fingerprint density at radius 2 is 2.09 bits per heavy atom. The Morgan fingerprint density at radius 3 is 2.78 bits per heavy atom. The maximum atomic E-state index is 12.8. The zero-order chi connectivity index (χ0) is 16.4. The van der Waals surface area contributed by atoms with E-state index in [0.717, 1.165) is 37.2 Å². The molecule has 5 nitrogen and oxygen atoms in total. The third kappa shape index (κ3) is 3.93. The number of hydrogen-bond acceptors (Lipinski definition) is 4. The molecule has 23 heavy (non-hydrogen) atoms. The molecule has 0 spiro atoms. The van der Waals surface area contributed by atoms with Crippen LogP contribution in [0.25, 0.3) is 0 Å². The maximum absolute atomic E-state index is 12.8. The summed E-state index contributed by atoms with van der Waals surface area (Å²) in [6.07, 6.45) is 5.15. The van der Waals surface area contributed by atoms with E-state index in [0.29, 0.717) is 5.92 Å². The molecule has 1 aromatic rings. The highest BCUT2D eigenvalue weighted by Gasteiger charge is 2.31. The molecule has 3 rings (SSSR count). The molecule has 0 bridgehead atoms. The lowest BCUT2D eigenvalue weighted by atomic mass is 10.1. The van der Waals surface area contributed by atoms with Crippen LogP contribution >= 0.6 is 11.3 Å². The second-order valence-electron chi connectivity index (χ2n) is 6.67. The molecule has 126 valence electrons. The normalized spacial score (nSPS) is 22.2. The fourth-order valence-corrected chi connectivity index (χ4v) is 4.37. The van der Waals surface area contributed by atoms with Crippen molar-refractivity contribution in [2.24, 2.45) is 0 Å². The number of carbonyl (C=O) groups excluding carboxylic acids is 1. The van der Waals surface area contributed by atoms with Gasteiger partial charge in [-0.1, -0.05) is 0 Å². The molecule has 1 aliphatic heterocycles. The van der Waals surface area contributed by atoms with Crippen molar-refractivity contribution in [1.29, 1.82) is 0 Å². The van der Waals surface area contributed by atoms with Crippen LogP contribution in [-0.2, 0) is 4.79 Å². The predicted octanol–water partition coefficient (Wildman–Crippen LogP) is 2.64. The summed E-state index contributed by atoms with van der Waals surface area (Å²) in [5.74, 6) is -0.0256. The molecule has 0 aromatic carbocycles. The number of likely N-dealkylation sites (N-methyl/N-ethyl adjacent to an activating group) is 1. The van der Waals surface area contributed by atoms with E-state index in [1.165, 1.54) is 18.4 Å². The number of amides is 1. The van der Waals surface area contributed by atoms with Crippen molar-refractivity contribution < 1.29 is 14.7 Å². The first kappa shape index (κ1) is 16.5. The van der Waals surface area contributed by atoms with Crippen LogP contribution in [0.3, 0.4) is 0 Å². The molecule has 1 atom stereocenters. The van der Waals surface area contributed by atoms with Gasteiger partial charge in [0, 0.05) is 19.1 Å². The predicted molar refractivity (Wildman–Crippen MR) is 90.1 cm³/mol. The first-order chi connectivity index (χ1) is 11.1. The van der Waals surface area contributed by atoms with Crippen molar-refractivity contribution in [3.63, 3.8) is 0 Å². The zero-order valence-electron chi connectivity index (χ0n) is 13.5. The molecule has 2 aliphatic rings. The Hall–Kier alpha value is -1.40. The van der Waals surface area contributed by atoms with Gasteiger partial charge in [-0.25, -0.2) is 0 Å². The monoisotopic (exact) mass is 336 g/mol. The van der Waals surface area contributed by atoms with Crippen LogP contribution in [0.2, 0.25) is 0 Å². The van der Waals surface area contributed by atoms with Gasteiger partial charge in [0.15, 0.2) is 0 Å². The molecule has 6 heteroatoms. The summed E-state index contributed by atoms with van der Waals surface area (Å²) in [6, 6.07) is 2.35. The summed E-state index contributed by atoms with van der Waals surface area (Å²) in [6.45, 7) is 1.56. The Labute approximate surface area is 140 Å². The first-order valence-electron chi connectivity index (χ1n) is 8.35. The molecule has 2 heterocycles. The molecule has 1 N–H and O–H groups in total. The maximum Gasteiger partial charge on any atom is 0.317 e. The second kappa shape index (κ2) is 7.01. The standard InChI is InChI=1S/C17H24N2O3S/c1-18(11-15(20)21)13-3-2-8-19(9-6-13)17(22)16-14(7-10-23-16)12-4-5-12/h7,10,12-13H,2-6,8-9,11H2,1H3,(H,20,21). The molecule has 1 saturated heterocycles. The van der Waals surface area contributed by atoms with Crippen molar-refractivity contribution in [3.8, 4) is 0 Å². The topological polar surface area (TPSA) is 60.9 Å². The number of hydrogen-bond donors (Lipinski definition) is 1. The number of likely N-dealkylation sites (tertiary alicyclic amines) is 1. The van der Waals surface area contributed by atoms with Gasteiger partial charge < -0.3 is 10.0 Å². The van der Waals surface area contributed by atoms with E-state index in [4.69, 9.17) is 5.11 Å². The highest BCUT2D eigenvalue weighted by Crippen LogP contribution is 2.43. The van der Waals surface area contributed by atoms with Crippen molar-refractivity contribution in [2.45, 2.75) is 44.1 Å². The van der Waals surface area contributed by atoms with Crippen LogP contribution in [0.1, 0.15) is 53.3 Å². The van der Waals surface area contributed by atoms with E-state index in [1.807, 2.05) is 22.2 Å². The fraction of sp³-hybridized carbons (Fsp3) is 0.647. The quantitative estimate of drug-likeness (QED) is 0.898. The van der Waals surface area contributed by atoms with E-state index < -0.39 is 5.97 Å². The molecule has 2 fully saturated rings. The molecule has 1 saturated carbocycles. The van der Waals surface area contributed by atoms with Gasteiger partial charge >= 0.3 is 5.97 Å². The average Bonchev–Trinajstić information content (AvgIpc) is 3.28. The van der Waals surface area contributed by atoms with E-state index in [-0.39, 0.29) is 18.5 Å². The van der Waals surface area contributed by atoms with Gasteiger partial charge in [0.2, 0.25) is 0 Å². The Bertz CT molecular complexity index is 582. The van der Waals surface area contributed by atoms with Gasteiger partial charge in [0.1, 0.15) is 0 Å². The lowest BCUT2D eigenvalue weighted by Gasteiger charge is -2.25. The minimum atomic E-state index is -0.794. The Kier molecular flexibility index (Phi) is 5.02. The number of aliphatic carboxylic acids is 1. The summed E-state index contributed by atoms with van der Waals surface area (Å²) >= 11 is 1.56. The van der Waals surface area contributed by atoms with Crippen LogP contribution in [0.4, 0.5) is 0 Å². The van der Waals surface area contributed by atoms with Gasteiger partial charge in [0.05, 0.1) is 11.4 Å². The number of thiophene rings is 1. The van der Waals surface area contributed by atoms with Gasteiger partial charge in [-0.05, 0) is 62.1 Å². The molecule has 1 amide bonds. The van der Waals surface area contributed by atoms with E-state index >= 15 is 0 Å². The largest absolute Gasteiger partial charge is 0.480 e.